The first-order valence-corrected chi connectivity index (χ1v) is 12.4. The highest BCUT2D eigenvalue weighted by molar-refractivity contribution is 7.18. The molecule has 0 radical (unpaired) electrons. The van der Waals surface area contributed by atoms with Gasteiger partial charge in [0.05, 0.1) is 15.2 Å². The number of hydrogen-bond donors (Lipinski definition) is 1. The van der Waals surface area contributed by atoms with Gasteiger partial charge in [0.2, 0.25) is 5.91 Å². The summed E-state index contributed by atoms with van der Waals surface area (Å²) in [5.74, 6) is 0.611. The first-order valence-electron chi connectivity index (χ1n) is 11.5. The summed E-state index contributed by atoms with van der Waals surface area (Å²) in [6, 6.07) is 12.4. The minimum absolute atomic E-state index is 0.0524. The average Bonchev–Trinajstić information content (AvgIpc) is 3.48. The van der Waals surface area contributed by atoms with E-state index in [2.05, 4.69) is 45.2 Å². The van der Waals surface area contributed by atoms with Gasteiger partial charge in [0, 0.05) is 48.3 Å². The molecule has 2 unspecified atom stereocenters. The molecule has 6 heteroatoms. The van der Waals surface area contributed by atoms with Crippen LogP contribution < -0.4 is 0 Å². The van der Waals surface area contributed by atoms with Crippen LogP contribution in [-0.2, 0) is 4.79 Å². The fraction of sp³-hybridized carbons (Fsp3) is 0.346. The number of rotatable bonds is 3. The predicted octanol–water partition coefficient (Wildman–Crippen LogP) is 5.76. The van der Waals surface area contributed by atoms with Gasteiger partial charge in [-0.05, 0) is 49.1 Å². The quantitative estimate of drug-likeness (QED) is 0.439. The summed E-state index contributed by atoms with van der Waals surface area (Å²) in [5.41, 5.74) is 4.50. The number of benzene rings is 1. The SMILES string of the molecule is O=C(C1CCCCC1c1nc2ccccc2s1)N1CC=C(c2c[nH]c3ncccc23)CC1. The maximum atomic E-state index is 13.6. The van der Waals surface area contributed by atoms with E-state index in [-0.39, 0.29) is 11.8 Å². The Morgan fingerprint density at radius 1 is 1.12 bits per heavy atom. The van der Waals surface area contributed by atoms with Crippen LogP contribution in [0.15, 0.2) is 54.9 Å². The number of carbonyl (C=O) groups excluding carboxylic acids is 1. The first kappa shape index (κ1) is 19.7. The van der Waals surface area contributed by atoms with E-state index in [4.69, 9.17) is 4.98 Å². The molecule has 5 nitrogen and oxygen atoms in total. The molecule has 162 valence electrons. The molecular weight excluding hydrogens is 416 g/mol. The van der Waals surface area contributed by atoms with Crippen LogP contribution in [0, 0.1) is 5.92 Å². The summed E-state index contributed by atoms with van der Waals surface area (Å²) in [6.45, 7) is 1.46. The van der Waals surface area contributed by atoms with E-state index in [1.807, 2.05) is 24.5 Å². The number of fused-ring (bicyclic) bond motifs is 2. The molecule has 6 rings (SSSR count). The number of aromatic nitrogens is 3. The van der Waals surface area contributed by atoms with Gasteiger partial charge >= 0.3 is 0 Å². The van der Waals surface area contributed by atoms with Gasteiger partial charge < -0.3 is 9.88 Å². The Bertz CT molecular complexity index is 1290. The van der Waals surface area contributed by atoms with Crippen molar-refractivity contribution in [1.29, 1.82) is 0 Å². The number of hydrogen-bond acceptors (Lipinski definition) is 4. The van der Waals surface area contributed by atoms with Crippen molar-refractivity contribution in [3.05, 3.63) is 65.4 Å². The van der Waals surface area contributed by atoms with Crippen LogP contribution in [0.1, 0.15) is 48.6 Å². The minimum Gasteiger partial charge on any atom is -0.346 e. The van der Waals surface area contributed by atoms with Gasteiger partial charge in [-0.25, -0.2) is 9.97 Å². The van der Waals surface area contributed by atoms with Crippen LogP contribution in [0.4, 0.5) is 0 Å². The molecule has 1 saturated carbocycles. The number of pyridine rings is 1. The van der Waals surface area contributed by atoms with Crippen molar-refractivity contribution in [3.8, 4) is 0 Å². The molecule has 3 aromatic heterocycles. The normalized spacial score (nSPS) is 21.8. The van der Waals surface area contributed by atoms with E-state index >= 15 is 0 Å². The largest absolute Gasteiger partial charge is 0.346 e. The Balaban J connectivity index is 1.22. The number of thiazole rings is 1. The summed E-state index contributed by atoms with van der Waals surface area (Å²) in [5, 5.41) is 2.30. The van der Waals surface area contributed by atoms with Crippen LogP contribution in [0.3, 0.4) is 0 Å². The molecule has 2 atom stereocenters. The number of carbonyl (C=O) groups is 1. The molecule has 2 aliphatic rings. The van der Waals surface area contributed by atoms with E-state index in [0.717, 1.165) is 53.8 Å². The molecule has 1 amide bonds. The summed E-state index contributed by atoms with van der Waals surface area (Å²) >= 11 is 1.77. The topological polar surface area (TPSA) is 61.9 Å². The van der Waals surface area contributed by atoms with Crippen molar-refractivity contribution in [2.24, 2.45) is 5.92 Å². The minimum atomic E-state index is 0.0524. The highest BCUT2D eigenvalue weighted by Gasteiger charge is 2.36. The number of nitrogens with zero attached hydrogens (tertiary/aromatic N) is 3. The molecule has 32 heavy (non-hydrogen) atoms. The fourth-order valence-electron chi connectivity index (χ4n) is 5.34. The second-order valence-electron chi connectivity index (χ2n) is 8.88. The van der Waals surface area contributed by atoms with Gasteiger partial charge in [0.25, 0.3) is 0 Å². The monoisotopic (exact) mass is 442 g/mol. The summed E-state index contributed by atoms with van der Waals surface area (Å²) < 4.78 is 1.22. The molecule has 1 N–H and O–H groups in total. The standard InChI is InChI=1S/C26H26N4OS/c31-26(20-7-2-1-6-19(20)25-29-22-9-3-4-10-23(22)32-25)30-14-11-17(12-15-30)21-16-28-24-18(21)8-5-13-27-24/h3-5,8-11,13,16,19-20H,1-2,6-7,12,14-15H2,(H,27,28). The third-order valence-electron chi connectivity index (χ3n) is 7.03. The molecule has 0 saturated heterocycles. The van der Waals surface area contributed by atoms with Crippen molar-refractivity contribution >= 4 is 44.1 Å². The van der Waals surface area contributed by atoms with Gasteiger partial charge in [-0.2, -0.15) is 0 Å². The first-order chi connectivity index (χ1) is 15.8. The van der Waals surface area contributed by atoms with Gasteiger partial charge in [0.1, 0.15) is 5.65 Å². The van der Waals surface area contributed by atoms with Crippen molar-refractivity contribution in [3.63, 3.8) is 0 Å². The molecule has 1 aliphatic carbocycles. The average molecular weight is 443 g/mol. The van der Waals surface area contributed by atoms with E-state index in [9.17, 15) is 4.79 Å². The van der Waals surface area contributed by atoms with Crippen LogP contribution >= 0.6 is 11.3 Å². The van der Waals surface area contributed by atoms with Crippen LogP contribution in [0.5, 0.6) is 0 Å². The Morgan fingerprint density at radius 3 is 2.91 bits per heavy atom. The summed E-state index contributed by atoms with van der Waals surface area (Å²) in [7, 11) is 0. The van der Waals surface area contributed by atoms with Crippen molar-refractivity contribution in [2.75, 3.05) is 13.1 Å². The van der Waals surface area contributed by atoms with E-state index in [0.29, 0.717) is 12.5 Å². The lowest BCUT2D eigenvalue weighted by Gasteiger charge is -2.35. The lowest BCUT2D eigenvalue weighted by Crippen LogP contribution is -2.41. The van der Waals surface area contributed by atoms with Gasteiger partial charge in [-0.1, -0.05) is 31.1 Å². The molecule has 1 fully saturated rings. The Morgan fingerprint density at radius 2 is 2.03 bits per heavy atom. The van der Waals surface area contributed by atoms with Gasteiger partial charge in [0.15, 0.2) is 0 Å². The zero-order chi connectivity index (χ0) is 21.5. The highest BCUT2D eigenvalue weighted by atomic mass is 32.1. The van der Waals surface area contributed by atoms with E-state index < -0.39 is 0 Å². The second-order valence-corrected chi connectivity index (χ2v) is 9.95. The summed E-state index contributed by atoms with van der Waals surface area (Å²) in [6.07, 6.45) is 11.3. The predicted molar refractivity (Wildman–Crippen MR) is 130 cm³/mol. The molecule has 1 aliphatic heterocycles. The van der Waals surface area contributed by atoms with Gasteiger partial charge in [-0.15, -0.1) is 11.3 Å². The van der Waals surface area contributed by atoms with Gasteiger partial charge in [-0.3, -0.25) is 4.79 Å². The molecule has 0 spiro atoms. The van der Waals surface area contributed by atoms with Crippen molar-refractivity contribution < 1.29 is 4.79 Å². The number of amides is 1. The van der Waals surface area contributed by atoms with E-state index in [1.165, 1.54) is 22.3 Å². The second kappa shape index (κ2) is 8.17. The Kier molecular flexibility index (Phi) is 5.02. The zero-order valence-corrected chi connectivity index (χ0v) is 18.8. The molecule has 4 aromatic rings. The Hall–Kier alpha value is -2.99. The van der Waals surface area contributed by atoms with Crippen LogP contribution in [0.25, 0.3) is 26.8 Å². The van der Waals surface area contributed by atoms with Crippen LogP contribution in [0.2, 0.25) is 0 Å². The molecule has 0 bridgehead atoms. The third kappa shape index (κ3) is 3.43. The lowest BCUT2D eigenvalue weighted by molar-refractivity contribution is -0.136. The number of para-hydroxylation sites is 1. The van der Waals surface area contributed by atoms with E-state index in [1.54, 1.807) is 11.3 Å². The molecule has 1 aromatic carbocycles. The maximum absolute atomic E-state index is 13.6. The maximum Gasteiger partial charge on any atom is 0.226 e. The molecular formula is C26H26N4OS. The lowest BCUT2D eigenvalue weighted by atomic mass is 9.78. The number of nitrogens with one attached hydrogen (secondary N) is 1. The smallest absolute Gasteiger partial charge is 0.226 e. The zero-order valence-electron chi connectivity index (χ0n) is 18.0. The Labute approximate surface area is 191 Å². The highest BCUT2D eigenvalue weighted by Crippen LogP contribution is 2.42. The van der Waals surface area contributed by atoms with Crippen molar-refractivity contribution in [1.82, 2.24) is 19.9 Å². The van der Waals surface area contributed by atoms with Crippen LogP contribution in [-0.4, -0.2) is 38.8 Å². The third-order valence-corrected chi connectivity index (χ3v) is 8.20. The molecule has 4 heterocycles. The van der Waals surface area contributed by atoms with Crippen molar-refractivity contribution in [2.45, 2.75) is 38.0 Å². The number of H-pyrrole nitrogens is 1. The fourth-order valence-corrected chi connectivity index (χ4v) is 6.51. The summed E-state index contributed by atoms with van der Waals surface area (Å²) in [4.78, 5) is 28.3. The number of aromatic amines is 1.